The number of nitrogens with zero attached hydrogens (tertiary/aromatic N) is 1. The van der Waals surface area contributed by atoms with Crippen molar-refractivity contribution in [2.75, 3.05) is 25.4 Å². The highest BCUT2D eigenvalue weighted by atomic mass is 32.1. The monoisotopic (exact) mass is 231 g/mol. The van der Waals surface area contributed by atoms with Crippen LogP contribution in [0.3, 0.4) is 0 Å². The van der Waals surface area contributed by atoms with E-state index in [4.69, 9.17) is 0 Å². The van der Waals surface area contributed by atoms with Gasteiger partial charge in [-0.3, -0.25) is 0 Å². The third-order valence-corrected chi connectivity index (χ3v) is 3.52. The zero-order valence-electron chi connectivity index (χ0n) is 10.8. The summed E-state index contributed by atoms with van der Waals surface area (Å²) in [7, 11) is 0. The van der Waals surface area contributed by atoms with E-state index in [9.17, 15) is 0 Å². The summed E-state index contributed by atoms with van der Waals surface area (Å²) >= 11 is 4.43. The van der Waals surface area contributed by atoms with Gasteiger partial charge in [-0.25, -0.2) is 0 Å². The zero-order valence-corrected chi connectivity index (χ0v) is 11.7. The number of thiol groups is 1. The first kappa shape index (κ1) is 15.3. The standard InChI is InChI=1S/C13H29NS/c1-4-7-9-14(10-8-5-2)11-13(6-3)12-15/h13,15H,4-12H2,1-3H3. The minimum atomic E-state index is 0.780. The number of unbranched alkanes of at least 4 members (excludes halogenated alkanes) is 2. The van der Waals surface area contributed by atoms with E-state index in [1.807, 2.05) is 0 Å². The topological polar surface area (TPSA) is 3.24 Å². The molecule has 15 heavy (non-hydrogen) atoms. The maximum absolute atomic E-state index is 4.43. The molecule has 0 aromatic heterocycles. The Morgan fingerprint density at radius 1 is 1.00 bits per heavy atom. The van der Waals surface area contributed by atoms with Gasteiger partial charge < -0.3 is 4.90 Å². The van der Waals surface area contributed by atoms with E-state index in [-0.39, 0.29) is 0 Å². The van der Waals surface area contributed by atoms with E-state index in [1.165, 1.54) is 51.7 Å². The van der Waals surface area contributed by atoms with Crippen molar-refractivity contribution in [1.82, 2.24) is 4.90 Å². The minimum absolute atomic E-state index is 0.780. The van der Waals surface area contributed by atoms with Crippen LogP contribution in [0, 0.1) is 5.92 Å². The van der Waals surface area contributed by atoms with Gasteiger partial charge >= 0.3 is 0 Å². The zero-order chi connectivity index (χ0) is 11.5. The second-order valence-electron chi connectivity index (χ2n) is 4.46. The maximum Gasteiger partial charge on any atom is 0.00174 e. The summed E-state index contributed by atoms with van der Waals surface area (Å²) in [5, 5.41) is 0. The molecular formula is C13H29NS. The van der Waals surface area contributed by atoms with Crippen LogP contribution in [-0.2, 0) is 0 Å². The quantitative estimate of drug-likeness (QED) is 0.559. The Balaban J connectivity index is 3.86. The van der Waals surface area contributed by atoms with Crippen LogP contribution in [0.4, 0.5) is 0 Å². The Morgan fingerprint density at radius 2 is 1.53 bits per heavy atom. The fourth-order valence-corrected chi connectivity index (χ4v) is 2.11. The fourth-order valence-electron chi connectivity index (χ4n) is 1.74. The molecule has 2 heteroatoms. The average Bonchev–Trinajstić information content (AvgIpc) is 2.28. The molecule has 0 N–H and O–H groups in total. The molecule has 0 saturated heterocycles. The maximum atomic E-state index is 4.43. The smallest absolute Gasteiger partial charge is 0.00174 e. The molecule has 0 radical (unpaired) electrons. The van der Waals surface area contributed by atoms with Crippen LogP contribution in [0.2, 0.25) is 0 Å². The van der Waals surface area contributed by atoms with E-state index in [0.717, 1.165) is 11.7 Å². The Hall–Kier alpha value is 0.310. The molecule has 0 aliphatic rings. The summed E-state index contributed by atoms with van der Waals surface area (Å²) in [6.07, 6.45) is 6.55. The molecular weight excluding hydrogens is 202 g/mol. The van der Waals surface area contributed by atoms with Gasteiger partial charge in [-0.2, -0.15) is 12.6 Å². The number of hydrogen-bond donors (Lipinski definition) is 1. The third-order valence-electron chi connectivity index (χ3n) is 3.01. The fraction of sp³-hybridized carbons (Fsp3) is 1.00. The Kier molecular flexibility index (Phi) is 11.0. The van der Waals surface area contributed by atoms with Crippen molar-refractivity contribution >= 4 is 12.6 Å². The van der Waals surface area contributed by atoms with Crippen LogP contribution in [-0.4, -0.2) is 30.3 Å². The second-order valence-corrected chi connectivity index (χ2v) is 4.83. The van der Waals surface area contributed by atoms with Gasteiger partial charge in [0, 0.05) is 6.54 Å². The molecule has 92 valence electrons. The van der Waals surface area contributed by atoms with E-state index in [0.29, 0.717) is 0 Å². The lowest BCUT2D eigenvalue weighted by molar-refractivity contribution is 0.230. The molecule has 1 unspecified atom stereocenters. The molecule has 0 aliphatic heterocycles. The Labute approximate surface area is 102 Å². The molecule has 0 spiro atoms. The first-order chi connectivity index (χ1) is 7.28. The molecule has 0 aromatic rings. The Bertz CT molecular complexity index is 116. The van der Waals surface area contributed by atoms with Crippen LogP contribution >= 0.6 is 12.6 Å². The van der Waals surface area contributed by atoms with E-state index in [2.05, 4.69) is 38.3 Å². The normalized spacial score (nSPS) is 13.4. The first-order valence-electron chi connectivity index (χ1n) is 6.61. The van der Waals surface area contributed by atoms with Crippen LogP contribution in [0.15, 0.2) is 0 Å². The molecule has 0 amide bonds. The minimum Gasteiger partial charge on any atom is -0.303 e. The molecule has 0 saturated carbocycles. The third kappa shape index (κ3) is 8.15. The van der Waals surface area contributed by atoms with Crippen molar-refractivity contribution < 1.29 is 0 Å². The van der Waals surface area contributed by atoms with Crippen molar-refractivity contribution in [3.05, 3.63) is 0 Å². The molecule has 0 bridgehead atoms. The highest BCUT2D eigenvalue weighted by Gasteiger charge is 2.10. The summed E-state index contributed by atoms with van der Waals surface area (Å²) < 4.78 is 0. The summed E-state index contributed by atoms with van der Waals surface area (Å²) in [6.45, 7) is 10.6. The molecule has 0 rings (SSSR count). The average molecular weight is 231 g/mol. The van der Waals surface area contributed by atoms with Gasteiger partial charge in [-0.15, -0.1) is 0 Å². The first-order valence-corrected chi connectivity index (χ1v) is 7.24. The highest BCUT2D eigenvalue weighted by molar-refractivity contribution is 7.80. The molecule has 1 atom stereocenters. The predicted molar refractivity (Wildman–Crippen MR) is 73.9 cm³/mol. The SMILES string of the molecule is CCCCN(CCCC)CC(CC)CS. The lowest BCUT2D eigenvalue weighted by atomic mass is 10.1. The molecule has 0 heterocycles. The summed E-state index contributed by atoms with van der Waals surface area (Å²) in [5.41, 5.74) is 0. The van der Waals surface area contributed by atoms with Gasteiger partial charge in [0.05, 0.1) is 0 Å². The molecule has 0 aromatic carbocycles. The van der Waals surface area contributed by atoms with Gasteiger partial charge in [-0.05, 0) is 37.6 Å². The summed E-state index contributed by atoms with van der Waals surface area (Å²) in [4.78, 5) is 2.64. The number of hydrogen-bond acceptors (Lipinski definition) is 2. The van der Waals surface area contributed by atoms with Crippen molar-refractivity contribution in [2.45, 2.75) is 52.9 Å². The van der Waals surface area contributed by atoms with Crippen LogP contribution in [0.1, 0.15) is 52.9 Å². The lowest BCUT2D eigenvalue weighted by Crippen LogP contribution is -2.32. The van der Waals surface area contributed by atoms with Gasteiger partial charge in [0.1, 0.15) is 0 Å². The van der Waals surface area contributed by atoms with Crippen LogP contribution in [0.25, 0.3) is 0 Å². The van der Waals surface area contributed by atoms with Crippen molar-refractivity contribution in [3.8, 4) is 0 Å². The molecule has 0 aliphatic carbocycles. The lowest BCUT2D eigenvalue weighted by Gasteiger charge is -2.26. The van der Waals surface area contributed by atoms with Crippen molar-refractivity contribution in [2.24, 2.45) is 5.92 Å². The Morgan fingerprint density at radius 3 is 1.87 bits per heavy atom. The van der Waals surface area contributed by atoms with Gasteiger partial charge in [0.2, 0.25) is 0 Å². The summed E-state index contributed by atoms with van der Waals surface area (Å²) in [5.74, 6) is 1.81. The van der Waals surface area contributed by atoms with Gasteiger partial charge in [0.15, 0.2) is 0 Å². The van der Waals surface area contributed by atoms with E-state index in [1.54, 1.807) is 0 Å². The number of rotatable bonds is 10. The van der Waals surface area contributed by atoms with E-state index < -0.39 is 0 Å². The van der Waals surface area contributed by atoms with Crippen LogP contribution < -0.4 is 0 Å². The van der Waals surface area contributed by atoms with Crippen molar-refractivity contribution in [1.29, 1.82) is 0 Å². The van der Waals surface area contributed by atoms with Gasteiger partial charge in [-0.1, -0.05) is 40.0 Å². The van der Waals surface area contributed by atoms with Crippen molar-refractivity contribution in [3.63, 3.8) is 0 Å². The second kappa shape index (κ2) is 10.8. The molecule has 0 fully saturated rings. The molecule has 1 nitrogen and oxygen atoms in total. The van der Waals surface area contributed by atoms with Crippen LogP contribution in [0.5, 0.6) is 0 Å². The van der Waals surface area contributed by atoms with Gasteiger partial charge in [0.25, 0.3) is 0 Å². The summed E-state index contributed by atoms with van der Waals surface area (Å²) in [6, 6.07) is 0. The predicted octanol–water partition coefficient (Wildman–Crippen LogP) is 3.84. The van der Waals surface area contributed by atoms with E-state index >= 15 is 0 Å². The highest BCUT2D eigenvalue weighted by Crippen LogP contribution is 2.09. The largest absolute Gasteiger partial charge is 0.303 e.